The van der Waals surface area contributed by atoms with Crippen LogP contribution in [-0.4, -0.2) is 4.98 Å². The molecule has 2 aromatic rings. The van der Waals surface area contributed by atoms with Gasteiger partial charge in [-0.2, -0.15) is 13.2 Å². The third kappa shape index (κ3) is 3.07. The lowest BCUT2D eigenvalue weighted by atomic mass is 10.1. The smallest absolute Gasteiger partial charge is 0.236 e. The van der Waals surface area contributed by atoms with Gasteiger partial charge in [0.05, 0.1) is 16.3 Å². The van der Waals surface area contributed by atoms with Gasteiger partial charge in [-0.15, -0.1) is 0 Å². The zero-order valence-corrected chi connectivity index (χ0v) is 12.5. The van der Waals surface area contributed by atoms with Crippen molar-refractivity contribution in [2.24, 2.45) is 0 Å². The molecule has 0 fully saturated rings. The first-order chi connectivity index (χ1) is 9.20. The number of halogens is 7. The minimum absolute atomic E-state index is 0.161. The molecule has 1 heterocycles. The Balaban J connectivity index is 2.65. The molecule has 1 aromatic heterocycles. The van der Waals surface area contributed by atoms with Crippen molar-refractivity contribution in [3.8, 4) is 11.3 Å². The van der Waals surface area contributed by atoms with Gasteiger partial charge in [0.1, 0.15) is 5.15 Å². The van der Waals surface area contributed by atoms with Crippen LogP contribution in [0.25, 0.3) is 11.3 Å². The minimum Gasteiger partial charge on any atom is -0.236 e. The van der Waals surface area contributed by atoms with Crippen LogP contribution in [0.3, 0.4) is 0 Å². The highest BCUT2D eigenvalue weighted by atomic mass is 79.9. The van der Waals surface area contributed by atoms with E-state index in [9.17, 15) is 17.6 Å². The van der Waals surface area contributed by atoms with E-state index in [2.05, 4.69) is 20.9 Å². The van der Waals surface area contributed by atoms with E-state index in [1.807, 2.05) is 0 Å². The summed E-state index contributed by atoms with van der Waals surface area (Å²) in [5.41, 5.74) is -1.41. The van der Waals surface area contributed by atoms with Gasteiger partial charge in [0, 0.05) is 10.0 Å². The molecule has 0 saturated carbocycles. The predicted molar refractivity (Wildman–Crippen MR) is 72.4 cm³/mol. The number of nitrogens with zero attached hydrogens (tertiary/aromatic N) is 1. The molecule has 106 valence electrons. The zero-order valence-electron chi connectivity index (χ0n) is 9.40. The Labute approximate surface area is 129 Å². The first kappa shape index (κ1) is 15.5. The molecule has 0 amide bonds. The Kier molecular flexibility index (Phi) is 4.27. The molecule has 0 unspecified atom stereocenters. The van der Waals surface area contributed by atoms with E-state index < -0.39 is 17.6 Å². The van der Waals surface area contributed by atoms with Crippen LogP contribution in [0.4, 0.5) is 17.6 Å². The fourth-order valence-corrected chi connectivity index (χ4v) is 2.20. The van der Waals surface area contributed by atoms with E-state index in [1.54, 1.807) is 0 Å². The van der Waals surface area contributed by atoms with Gasteiger partial charge in [0.2, 0.25) is 0 Å². The highest BCUT2D eigenvalue weighted by Gasteiger charge is 2.32. The molecule has 0 aliphatic carbocycles. The third-order valence-electron chi connectivity index (χ3n) is 2.43. The van der Waals surface area contributed by atoms with E-state index in [0.717, 1.165) is 0 Å². The Hall–Kier alpha value is -0.850. The normalized spacial score (nSPS) is 11.8. The van der Waals surface area contributed by atoms with Crippen LogP contribution in [0.5, 0.6) is 0 Å². The maximum Gasteiger partial charge on any atom is 0.416 e. The Morgan fingerprint density at radius 3 is 2.35 bits per heavy atom. The zero-order chi connectivity index (χ0) is 15.1. The van der Waals surface area contributed by atoms with Gasteiger partial charge in [-0.1, -0.05) is 23.2 Å². The van der Waals surface area contributed by atoms with E-state index in [0.29, 0.717) is 16.6 Å². The van der Waals surface area contributed by atoms with Crippen LogP contribution >= 0.6 is 39.1 Å². The summed E-state index contributed by atoms with van der Waals surface area (Å²) in [6.45, 7) is 0. The number of hydrogen-bond donors (Lipinski definition) is 0. The molecule has 0 bridgehead atoms. The molecule has 0 radical (unpaired) electrons. The van der Waals surface area contributed by atoms with Gasteiger partial charge >= 0.3 is 6.18 Å². The van der Waals surface area contributed by atoms with Crippen LogP contribution in [0.1, 0.15) is 5.56 Å². The van der Waals surface area contributed by atoms with Crippen molar-refractivity contribution in [2.75, 3.05) is 0 Å². The topological polar surface area (TPSA) is 12.9 Å². The van der Waals surface area contributed by atoms with Crippen molar-refractivity contribution < 1.29 is 17.6 Å². The van der Waals surface area contributed by atoms with Crippen molar-refractivity contribution in [3.05, 3.63) is 50.3 Å². The minimum atomic E-state index is -4.60. The van der Waals surface area contributed by atoms with Crippen molar-refractivity contribution in [1.29, 1.82) is 0 Å². The largest absolute Gasteiger partial charge is 0.416 e. The number of benzene rings is 1. The van der Waals surface area contributed by atoms with Gasteiger partial charge in [-0.3, -0.25) is 0 Å². The summed E-state index contributed by atoms with van der Waals surface area (Å²) in [5.74, 6) is -0.871. The fraction of sp³-hybridized carbons (Fsp3) is 0.0833. The molecule has 0 saturated heterocycles. The van der Waals surface area contributed by atoms with Crippen molar-refractivity contribution in [1.82, 2.24) is 4.98 Å². The second-order valence-corrected chi connectivity index (χ2v) is 5.40. The third-order valence-corrected chi connectivity index (χ3v) is 3.88. The molecule has 0 aliphatic rings. The van der Waals surface area contributed by atoms with E-state index in [1.165, 1.54) is 12.1 Å². The monoisotopic (exact) mass is 387 g/mol. The summed E-state index contributed by atoms with van der Waals surface area (Å²) < 4.78 is 52.4. The quantitative estimate of drug-likeness (QED) is 0.333. The molecule has 20 heavy (non-hydrogen) atoms. The predicted octanol–water partition coefficient (Wildman–Crippen LogP) is 5.98. The average molecular weight is 389 g/mol. The first-order valence-corrected chi connectivity index (χ1v) is 6.63. The van der Waals surface area contributed by atoms with Gasteiger partial charge in [-0.25, -0.2) is 9.37 Å². The number of alkyl halides is 3. The van der Waals surface area contributed by atoms with Crippen molar-refractivity contribution in [2.45, 2.75) is 6.18 Å². The lowest BCUT2D eigenvalue weighted by molar-refractivity contribution is -0.137. The van der Waals surface area contributed by atoms with Gasteiger partial charge in [0.15, 0.2) is 5.82 Å². The lowest BCUT2D eigenvalue weighted by Crippen LogP contribution is -2.06. The summed E-state index contributed by atoms with van der Waals surface area (Å²) in [4.78, 5) is 3.70. The van der Waals surface area contributed by atoms with Crippen LogP contribution in [-0.2, 0) is 6.18 Å². The van der Waals surface area contributed by atoms with E-state index in [-0.39, 0.29) is 21.4 Å². The summed E-state index contributed by atoms with van der Waals surface area (Å²) in [7, 11) is 0. The number of aromatic nitrogens is 1. The molecule has 1 aromatic carbocycles. The standard InChI is InChI=1S/C12H4BrCl2F4N/c13-7-2-1-6(11(16)10(7)15)8-3-5(12(17,18)19)4-9(14)20-8/h1-4H. The molecular weight excluding hydrogens is 385 g/mol. The van der Waals surface area contributed by atoms with Gasteiger partial charge in [-0.05, 0) is 40.2 Å². The molecule has 0 N–H and O–H groups in total. The van der Waals surface area contributed by atoms with Crippen molar-refractivity contribution >= 4 is 39.1 Å². The SMILES string of the molecule is Fc1c(-c2cc(C(F)(F)F)cc(Cl)n2)ccc(Br)c1Cl. The Bertz CT molecular complexity index is 673. The number of pyridine rings is 1. The molecule has 0 atom stereocenters. The number of hydrogen-bond acceptors (Lipinski definition) is 1. The van der Waals surface area contributed by atoms with Crippen LogP contribution in [0.15, 0.2) is 28.7 Å². The summed E-state index contributed by atoms with van der Waals surface area (Å²) in [6, 6.07) is 4.07. The van der Waals surface area contributed by atoms with E-state index in [4.69, 9.17) is 23.2 Å². The Morgan fingerprint density at radius 2 is 1.75 bits per heavy atom. The average Bonchev–Trinajstić information content (AvgIpc) is 2.34. The molecule has 1 nitrogen and oxygen atoms in total. The van der Waals surface area contributed by atoms with Crippen LogP contribution in [0, 0.1) is 5.82 Å². The highest BCUT2D eigenvalue weighted by Crippen LogP contribution is 2.36. The number of rotatable bonds is 1. The van der Waals surface area contributed by atoms with Crippen molar-refractivity contribution in [3.63, 3.8) is 0 Å². The van der Waals surface area contributed by atoms with Crippen LogP contribution < -0.4 is 0 Å². The molecule has 0 spiro atoms. The fourth-order valence-electron chi connectivity index (χ4n) is 1.52. The van der Waals surface area contributed by atoms with E-state index >= 15 is 0 Å². The Morgan fingerprint density at radius 1 is 1.10 bits per heavy atom. The van der Waals surface area contributed by atoms with Crippen LogP contribution in [0.2, 0.25) is 10.2 Å². The molecule has 2 rings (SSSR count). The maximum absolute atomic E-state index is 14.0. The van der Waals surface area contributed by atoms with Gasteiger partial charge in [0.25, 0.3) is 0 Å². The second-order valence-electron chi connectivity index (χ2n) is 3.78. The first-order valence-electron chi connectivity index (χ1n) is 5.09. The highest BCUT2D eigenvalue weighted by molar-refractivity contribution is 9.10. The van der Waals surface area contributed by atoms with Gasteiger partial charge < -0.3 is 0 Å². The summed E-state index contributed by atoms with van der Waals surface area (Å²) >= 11 is 14.3. The summed E-state index contributed by atoms with van der Waals surface area (Å²) in [6.07, 6.45) is -4.60. The molecule has 0 aliphatic heterocycles. The molecular formula is C12H4BrCl2F4N. The maximum atomic E-state index is 14.0. The lowest BCUT2D eigenvalue weighted by Gasteiger charge is -2.10. The molecule has 8 heteroatoms. The second kappa shape index (κ2) is 5.50. The summed E-state index contributed by atoms with van der Waals surface area (Å²) in [5, 5.41) is -0.619.